The van der Waals surface area contributed by atoms with Gasteiger partial charge in [0.2, 0.25) is 10.0 Å². The third-order valence-corrected chi connectivity index (χ3v) is 3.77. The Kier molecular flexibility index (Phi) is 4.20. The van der Waals surface area contributed by atoms with Crippen LogP contribution in [0.1, 0.15) is 12.8 Å². The first kappa shape index (κ1) is 13.3. The zero-order valence-corrected chi connectivity index (χ0v) is 9.64. The molecule has 1 amide bonds. The fourth-order valence-electron chi connectivity index (χ4n) is 1.60. The molecule has 0 radical (unpaired) electrons. The molecule has 0 aromatic rings. The summed E-state index contributed by atoms with van der Waals surface area (Å²) in [6, 6.07) is -0.362. The van der Waals surface area contributed by atoms with Gasteiger partial charge in [0.05, 0.1) is 6.26 Å². The highest BCUT2D eigenvalue weighted by Crippen LogP contribution is 2.13. The standard InChI is InChI=1S/C8H14F2N2O3S/c1-16(14,15)12-4-2-6(3-5-12)11-8(13)7(9)10/h6-7H,2-5H2,1H3,(H,11,13). The van der Waals surface area contributed by atoms with E-state index in [1.54, 1.807) is 0 Å². The maximum absolute atomic E-state index is 11.9. The van der Waals surface area contributed by atoms with E-state index in [4.69, 9.17) is 0 Å². The van der Waals surface area contributed by atoms with E-state index in [0.717, 1.165) is 6.26 Å². The molecule has 1 saturated heterocycles. The lowest BCUT2D eigenvalue weighted by Crippen LogP contribution is -2.47. The van der Waals surface area contributed by atoms with E-state index in [9.17, 15) is 22.0 Å². The number of amides is 1. The molecule has 0 spiro atoms. The van der Waals surface area contributed by atoms with Gasteiger partial charge in [0, 0.05) is 19.1 Å². The SMILES string of the molecule is CS(=O)(=O)N1CCC(NC(=O)C(F)F)CC1. The second-order valence-electron chi connectivity index (χ2n) is 3.75. The van der Waals surface area contributed by atoms with Gasteiger partial charge in [0.15, 0.2) is 0 Å². The van der Waals surface area contributed by atoms with Crippen LogP contribution >= 0.6 is 0 Å². The van der Waals surface area contributed by atoms with E-state index in [0.29, 0.717) is 12.8 Å². The summed E-state index contributed by atoms with van der Waals surface area (Å²) in [5.41, 5.74) is 0. The van der Waals surface area contributed by atoms with Gasteiger partial charge in [-0.3, -0.25) is 4.79 Å². The van der Waals surface area contributed by atoms with Crippen LogP contribution in [-0.2, 0) is 14.8 Å². The van der Waals surface area contributed by atoms with Gasteiger partial charge in [-0.2, -0.15) is 8.78 Å². The molecule has 5 nitrogen and oxygen atoms in total. The van der Waals surface area contributed by atoms with Gasteiger partial charge in [-0.1, -0.05) is 0 Å². The van der Waals surface area contributed by atoms with Crippen molar-refractivity contribution in [3.63, 3.8) is 0 Å². The molecule has 1 rings (SSSR count). The molecule has 0 aromatic heterocycles. The largest absolute Gasteiger partial charge is 0.348 e. The van der Waals surface area contributed by atoms with Crippen molar-refractivity contribution in [2.45, 2.75) is 25.3 Å². The lowest BCUT2D eigenvalue weighted by molar-refractivity contribution is -0.132. The van der Waals surface area contributed by atoms with Crippen molar-refractivity contribution in [1.82, 2.24) is 9.62 Å². The first-order chi connectivity index (χ1) is 7.30. The fourth-order valence-corrected chi connectivity index (χ4v) is 2.47. The molecular formula is C8H14F2N2O3S. The average Bonchev–Trinajstić information content (AvgIpc) is 2.17. The van der Waals surface area contributed by atoms with E-state index in [2.05, 4.69) is 5.32 Å². The molecule has 0 saturated carbocycles. The van der Waals surface area contributed by atoms with Gasteiger partial charge in [-0.05, 0) is 12.8 Å². The maximum Gasteiger partial charge on any atom is 0.315 e. The van der Waals surface area contributed by atoms with Crippen molar-refractivity contribution in [3.8, 4) is 0 Å². The Hall–Kier alpha value is -0.760. The molecule has 0 aromatic carbocycles. The lowest BCUT2D eigenvalue weighted by Gasteiger charge is -2.30. The van der Waals surface area contributed by atoms with Gasteiger partial charge in [0.1, 0.15) is 0 Å². The number of halogens is 2. The Balaban J connectivity index is 2.41. The molecule has 1 heterocycles. The van der Waals surface area contributed by atoms with Crippen molar-refractivity contribution in [3.05, 3.63) is 0 Å². The van der Waals surface area contributed by atoms with E-state index in [1.807, 2.05) is 0 Å². The Morgan fingerprint density at radius 3 is 2.25 bits per heavy atom. The molecule has 0 aliphatic carbocycles. The Bertz CT molecular complexity index is 350. The minimum absolute atomic E-state index is 0.257. The van der Waals surface area contributed by atoms with E-state index >= 15 is 0 Å². The van der Waals surface area contributed by atoms with Gasteiger partial charge in [-0.25, -0.2) is 12.7 Å². The number of nitrogens with zero attached hydrogens (tertiary/aromatic N) is 1. The predicted molar refractivity (Wildman–Crippen MR) is 53.6 cm³/mol. The molecule has 0 unspecified atom stereocenters. The molecule has 1 aliphatic heterocycles. The lowest BCUT2D eigenvalue weighted by atomic mass is 10.1. The van der Waals surface area contributed by atoms with E-state index in [1.165, 1.54) is 4.31 Å². The second kappa shape index (κ2) is 5.05. The first-order valence-corrected chi connectivity index (χ1v) is 6.69. The highest BCUT2D eigenvalue weighted by Gasteiger charge is 2.27. The average molecular weight is 256 g/mol. The summed E-state index contributed by atoms with van der Waals surface area (Å²) < 4.78 is 47.4. The molecule has 1 aliphatic rings. The summed E-state index contributed by atoms with van der Waals surface area (Å²) >= 11 is 0. The van der Waals surface area contributed by atoms with Crippen LogP contribution in [0.3, 0.4) is 0 Å². The number of hydrogen-bond donors (Lipinski definition) is 1. The summed E-state index contributed by atoms with van der Waals surface area (Å²) in [5.74, 6) is -1.29. The van der Waals surface area contributed by atoms with Gasteiger partial charge in [-0.15, -0.1) is 0 Å². The number of nitrogens with one attached hydrogen (secondary N) is 1. The highest BCUT2D eigenvalue weighted by molar-refractivity contribution is 7.88. The smallest absolute Gasteiger partial charge is 0.315 e. The predicted octanol–water partition coefficient (Wildman–Crippen LogP) is -0.208. The Labute approximate surface area is 92.9 Å². The number of carbonyl (C=O) groups is 1. The Morgan fingerprint density at radius 2 is 1.88 bits per heavy atom. The van der Waals surface area contributed by atoms with Gasteiger partial charge >= 0.3 is 6.43 Å². The molecule has 94 valence electrons. The third-order valence-electron chi connectivity index (χ3n) is 2.47. The number of hydrogen-bond acceptors (Lipinski definition) is 3. The number of alkyl halides is 2. The minimum atomic E-state index is -3.22. The van der Waals surface area contributed by atoms with Crippen LogP contribution in [0.25, 0.3) is 0 Å². The number of rotatable bonds is 3. The van der Waals surface area contributed by atoms with Crippen LogP contribution < -0.4 is 5.32 Å². The summed E-state index contributed by atoms with van der Waals surface area (Å²) in [7, 11) is -3.22. The van der Waals surface area contributed by atoms with Crippen LogP contribution in [-0.4, -0.2) is 50.4 Å². The van der Waals surface area contributed by atoms with Gasteiger partial charge in [0.25, 0.3) is 5.91 Å². The van der Waals surface area contributed by atoms with Crippen molar-refractivity contribution >= 4 is 15.9 Å². The van der Waals surface area contributed by atoms with Crippen LogP contribution in [0.4, 0.5) is 8.78 Å². The molecular weight excluding hydrogens is 242 g/mol. The fraction of sp³-hybridized carbons (Fsp3) is 0.875. The van der Waals surface area contributed by atoms with Crippen molar-refractivity contribution in [2.24, 2.45) is 0 Å². The van der Waals surface area contributed by atoms with Crippen LogP contribution in [0.2, 0.25) is 0 Å². The minimum Gasteiger partial charge on any atom is -0.348 e. The molecule has 0 bridgehead atoms. The summed E-state index contributed by atoms with van der Waals surface area (Å²) in [6.45, 7) is 0.514. The van der Waals surface area contributed by atoms with Crippen molar-refractivity contribution in [2.75, 3.05) is 19.3 Å². The number of carbonyl (C=O) groups excluding carboxylic acids is 1. The highest BCUT2D eigenvalue weighted by atomic mass is 32.2. The zero-order chi connectivity index (χ0) is 12.3. The summed E-state index contributed by atoms with van der Waals surface area (Å²) in [5, 5.41) is 2.18. The van der Waals surface area contributed by atoms with E-state index in [-0.39, 0.29) is 19.1 Å². The van der Waals surface area contributed by atoms with Crippen LogP contribution in [0.5, 0.6) is 0 Å². The first-order valence-electron chi connectivity index (χ1n) is 4.84. The quantitative estimate of drug-likeness (QED) is 0.760. The van der Waals surface area contributed by atoms with Gasteiger partial charge < -0.3 is 5.32 Å². The topological polar surface area (TPSA) is 66.5 Å². The number of piperidine rings is 1. The summed E-state index contributed by atoms with van der Waals surface area (Å²) in [6.07, 6.45) is -1.18. The van der Waals surface area contributed by atoms with Crippen LogP contribution in [0.15, 0.2) is 0 Å². The van der Waals surface area contributed by atoms with E-state index < -0.39 is 22.4 Å². The normalized spacial score (nSPS) is 20.0. The maximum atomic E-state index is 11.9. The molecule has 1 fully saturated rings. The molecule has 8 heteroatoms. The van der Waals surface area contributed by atoms with Crippen molar-refractivity contribution in [1.29, 1.82) is 0 Å². The van der Waals surface area contributed by atoms with Crippen LogP contribution in [0, 0.1) is 0 Å². The third kappa shape index (κ3) is 3.67. The summed E-state index contributed by atoms with van der Waals surface area (Å²) in [4.78, 5) is 10.7. The molecule has 0 atom stereocenters. The second-order valence-corrected chi connectivity index (χ2v) is 5.73. The molecule has 1 N–H and O–H groups in total. The number of sulfonamides is 1. The van der Waals surface area contributed by atoms with Crippen molar-refractivity contribution < 1.29 is 22.0 Å². The monoisotopic (exact) mass is 256 g/mol. The zero-order valence-electron chi connectivity index (χ0n) is 8.82. The Morgan fingerprint density at radius 1 is 1.38 bits per heavy atom. The molecule has 16 heavy (non-hydrogen) atoms.